The Labute approximate surface area is 185 Å². The second-order valence-corrected chi connectivity index (χ2v) is 11.2. The van der Waals surface area contributed by atoms with Gasteiger partial charge in [0.05, 0.1) is 26.3 Å². The van der Waals surface area contributed by atoms with Crippen LogP contribution in [-0.4, -0.2) is 13.9 Å². The Balaban J connectivity index is 1.82. The zero-order valence-corrected chi connectivity index (χ0v) is 19.3. The summed E-state index contributed by atoms with van der Waals surface area (Å²) >= 11 is 9.81. The van der Waals surface area contributed by atoms with Gasteiger partial charge in [0.15, 0.2) is 5.58 Å². The van der Waals surface area contributed by atoms with Gasteiger partial charge in [-0.15, -0.1) is 0 Å². The van der Waals surface area contributed by atoms with Gasteiger partial charge in [0.1, 0.15) is 17.1 Å². The molecule has 1 aliphatic carbocycles. The van der Waals surface area contributed by atoms with Gasteiger partial charge in [-0.1, -0.05) is 17.7 Å². The first-order valence-electron chi connectivity index (χ1n) is 9.19. The fourth-order valence-electron chi connectivity index (χ4n) is 3.48. The summed E-state index contributed by atoms with van der Waals surface area (Å²) < 4.78 is 22.2. The Hall–Kier alpha value is -1.72. The highest BCUT2D eigenvalue weighted by atomic mass is 79.9. The minimum Gasteiger partial charge on any atom is -0.435 e. The number of oxazole rings is 1. The summed E-state index contributed by atoms with van der Waals surface area (Å²) in [5, 5.41) is 10.3. The van der Waals surface area contributed by atoms with Gasteiger partial charge in [-0.3, -0.25) is 0 Å². The van der Waals surface area contributed by atoms with Crippen LogP contribution < -0.4 is 4.72 Å². The number of nitriles is 1. The lowest BCUT2D eigenvalue weighted by Gasteiger charge is -2.22. The van der Waals surface area contributed by atoms with Crippen molar-refractivity contribution < 1.29 is 8.63 Å². The fraction of sp³-hybridized carbons (Fsp3) is 0.333. The summed E-state index contributed by atoms with van der Waals surface area (Å²) in [6.45, 7) is 5.80. The van der Waals surface area contributed by atoms with Crippen molar-refractivity contribution in [1.82, 2.24) is 9.71 Å². The lowest BCUT2D eigenvalue weighted by molar-refractivity contribution is 0.596. The smallest absolute Gasteiger partial charge is 0.228 e. The Morgan fingerprint density at radius 3 is 2.86 bits per heavy atom. The molecule has 1 aromatic heterocycles. The van der Waals surface area contributed by atoms with Crippen LogP contribution in [0, 0.1) is 11.3 Å². The number of nitrogens with zero attached hydrogens (tertiary/aromatic N) is 2. The predicted molar refractivity (Wildman–Crippen MR) is 119 cm³/mol. The van der Waals surface area contributed by atoms with Crippen molar-refractivity contribution >= 4 is 49.6 Å². The monoisotopic (exact) mass is 491 g/mol. The van der Waals surface area contributed by atoms with Crippen molar-refractivity contribution in [2.24, 2.45) is 0 Å². The number of halogens is 2. The Morgan fingerprint density at radius 2 is 2.17 bits per heavy atom. The van der Waals surface area contributed by atoms with E-state index in [4.69, 9.17) is 16.0 Å². The molecular weight excluding hydrogens is 474 g/mol. The van der Waals surface area contributed by atoms with Gasteiger partial charge in [-0.25, -0.2) is 13.9 Å². The Bertz CT molecular complexity index is 1190. The number of nitrogens with one attached hydrogen (secondary N) is 1. The molecule has 2 aromatic carbocycles. The molecule has 0 unspecified atom stereocenters. The van der Waals surface area contributed by atoms with Crippen LogP contribution in [0.2, 0.25) is 5.02 Å². The average Bonchev–Trinajstić information content (AvgIpc) is 3.25. The molecule has 0 amide bonds. The first kappa shape index (κ1) is 20.5. The van der Waals surface area contributed by atoms with Gasteiger partial charge >= 0.3 is 0 Å². The third-order valence-corrected chi connectivity index (χ3v) is 7.89. The standard InChI is InChI=1S/C21H19BrClN3O2S/c1-21(2,3)29(27)26-16-8-7-11-13(16)9-17-19(14(11)10-24)28-20(25-17)12-5-4-6-15(22)18(12)23/h4-6,9,16,26H,7-8H2,1-3H3/t16-,29-/m0/s1. The first-order valence-corrected chi connectivity index (χ1v) is 11.5. The lowest BCUT2D eigenvalue weighted by atomic mass is 10.0. The van der Waals surface area contributed by atoms with Crippen molar-refractivity contribution in [3.8, 4) is 17.5 Å². The number of benzene rings is 2. The molecule has 0 fully saturated rings. The van der Waals surface area contributed by atoms with Crippen molar-refractivity contribution in [3.63, 3.8) is 0 Å². The van der Waals surface area contributed by atoms with Crippen LogP contribution >= 0.6 is 27.5 Å². The summed E-state index contributed by atoms with van der Waals surface area (Å²) in [5.41, 5.74) is 4.12. The summed E-state index contributed by atoms with van der Waals surface area (Å²) in [4.78, 5) is 4.61. The third-order valence-electron chi connectivity index (χ3n) is 4.98. The van der Waals surface area contributed by atoms with E-state index < -0.39 is 11.0 Å². The lowest BCUT2D eigenvalue weighted by Crippen LogP contribution is -2.35. The van der Waals surface area contributed by atoms with Crippen molar-refractivity contribution in [2.75, 3.05) is 0 Å². The highest BCUT2D eigenvalue weighted by Crippen LogP contribution is 2.40. The zero-order chi connectivity index (χ0) is 20.9. The van der Waals surface area contributed by atoms with Gasteiger partial charge in [-0.2, -0.15) is 5.26 Å². The molecule has 1 N–H and O–H groups in total. The molecule has 3 aromatic rings. The van der Waals surface area contributed by atoms with Crippen LogP contribution in [0.25, 0.3) is 22.6 Å². The number of aromatic nitrogens is 1. The zero-order valence-electron chi connectivity index (χ0n) is 16.2. The maximum atomic E-state index is 12.6. The molecule has 1 aliphatic rings. The third kappa shape index (κ3) is 3.64. The normalized spacial score (nSPS) is 17.3. The van der Waals surface area contributed by atoms with E-state index in [9.17, 15) is 9.47 Å². The van der Waals surface area contributed by atoms with Crippen LogP contribution in [0.5, 0.6) is 0 Å². The largest absolute Gasteiger partial charge is 0.435 e. The van der Waals surface area contributed by atoms with E-state index in [-0.39, 0.29) is 10.8 Å². The average molecular weight is 493 g/mol. The molecule has 5 nitrogen and oxygen atoms in total. The second kappa shape index (κ2) is 7.51. The quantitative estimate of drug-likeness (QED) is 0.499. The maximum absolute atomic E-state index is 12.6. The van der Waals surface area contributed by atoms with Crippen LogP contribution in [0.1, 0.15) is 49.9 Å². The molecule has 2 atom stereocenters. The fourth-order valence-corrected chi connectivity index (χ4v) is 4.91. The molecule has 0 aliphatic heterocycles. The van der Waals surface area contributed by atoms with E-state index in [1.54, 1.807) is 0 Å². The van der Waals surface area contributed by atoms with E-state index in [2.05, 4.69) is 31.7 Å². The van der Waals surface area contributed by atoms with Gasteiger partial charge in [0.2, 0.25) is 5.89 Å². The number of fused-ring (bicyclic) bond motifs is 2. The molecule has 29 heavy (non-hydrogen) atoms. The highest BCUT2D eigenvalue weighted by Gasteiger charge is 2.32. The molecule has 8 heteroatoms. The summed E-state index contributed by atoms with van der Waals surface area (Å²) in [6.07, 6.45) is 1.50. The van der Waals surface area contributed by atoms with Crippen molar-refractivity contribution in [1.29, 1.82) is 5.26 Å². The van der Waals surface area contributed by atoms with Crippen LogP contribution in [0.4, 0.5) is 0 Å². The summed E-state index contributed by atoms with van der Waals surface area (Å²) in [6, 6.07) is 9.66. The van der Waals surface area contributed by atoms with Gasteiger partial charge in [-0.05, 0) is 78.9 Å². The van der Waals surface area contributed by atoms with Crippen LogP contribution in [0.15, 0.2) is 33.2 Å². The molecular formula is C21H19BrClN3O2S. The Morgan fingerprint density at radius 1 is 1.41 bits per heavy atom. The van der Waals surface area contributed by atoms with Crippen molar-refractivity contribution in [2.45, 2.75) is 44.4 Å². The highest BCUT2D eigenvalue weighted by molar-refractivity contribution is 9.10. The van der Waals surface area contributed by atoms with E-state index >= 15 is 0 Å². The molecule has 4 rings (SSSR count). The van der Waals surface area contributed by atoms with E-state index in [0.717, 1.165) is 28.4 Å². The van der Waals surface area contributed by atoms with Crippen molar-refractivity contribution in [3.05, 3.63) is 50.5 Å². The predicted octanol–water partition coefficient (Wildman–Crippen LogP) is 5.82. The number of rotatable bonds is 3. The SMILES string of the molecule is CC(C)(C)[S@](=O)N[C@H]1CCc2c1cc1nc(-c3cccc(Br)c3Cl)oc1c2C#N. The molecule has 0 radical (unpaired) electrons. The Kier molecular flexibility index (Phi) is 5.32. The van der Waals surface area contributed by atoms with E-state index in [1.165, 1.54) is 0 Å². The molecule has 0 bridgehead atoms. The number of hydrogen-bond acceptors (Lipinski definition) is 4. The van der Waals surface area contributed by atoms with Gasteiger partial charge in [0, 0.05) is 10.5 Å². The molecule has 0 saturated heterocycles. The minimum absolute atomic E-state index is 0.0869. The minimum atomic E-state index is -1.21. The van der Waals surface area contributed by atoms with E-state index in [1.807, 2.05) is 45.0 Å². The maximum Gasteiger partial charge on any atom is 0.228 e. The van der Waals surface area contributed by atoms with E-state index in [0.29, 0.717) is 33.1 Å². The topological polar surface area (TPSA) is 78.9 Å². The van der Waals surface area contributed by atoms with Gasteiger partial charge < -0.3 is 4.42 Å². The first-order chi connectivity index (χ1) is 13.7. The summed E-state index contributed by atoms with van der Waals surface area (Å²) in [7, 11) is -1.21. The molecule has 0 spiro atoms. The second-order valence-electron chi connectivity index (χ2n) is 7.99. The molecule has 1 heterocycles. The number of hydrogen-bond donors (Lipinski definition) is 1. The summed E-state index contributed by atoms with van der Waals surface area (Å²) in [5.74, 6) is 0.370. The molecule has 0 saturated carbocycles. The van der Waals surface area contributed by atoms with Crippen LogP contribution in [0.3, 0.4) is 0 Å². The van der Waals surface area contributed by atoms with Crippen LogP contribution in [-0.2, 0) is 17.4 Å². The molecule has 150 valence electrons. The van der Waals surface area contributed by atoms with Gasteiger partial charge in [0.25, 0.3) is 0 Å².